The number of primary amides is 1. The second-order valence-corrected chi connectivity index (χ2v) is 9.09. The molecule has 1 aromatic heterocycles. The normalized spacial score (nSPS) is 17.9. The van der Waals surface area contributed by atoms with Crippen molar-refractivity contribution in [2.75, 3.05) is 6.54 Å². The van der Waals surface area contributed by atoms with Gasteiger partial charge in [-0.2, -0.15) is 0 Å². The third kappa shape index (κ3) is 9.35. The van der Waals surface area contributed by atoms with E-state index in [-0.39, 0.29) is 37.1 Å². The standard InChI is InChI=1S/C22H35N7O6/c1-12(2)8-16(28-19(31)14-4-3-7-25-14)20(32)29-17(9-13-10-24-11-26-13)21(33)27-15(22(34)35)5-6-18(23)30/h10-12,14-17,25H,3-9H2,1-2H3,(H2,23,30)(H,24,26)(H,27,33)(H,28,31)(H,29,32)(H,34,35). The fourth-order valence-electron chi connectivity index (χ4n) is 3.80. The van der Waals surface area contributed by atoms with Crippen molar-refractivity contribution in [1.82, 2.24) is 31.2 Å². The van der Waals surface area contributed by atoms with Crippen LogP contribution in [0, 0.1) is 5.92 Å². The number of hydrogen-bond donors (Lipinski definition) is 7. The van der Waals surface area contributed by atoms with E-state index >= 15 is 0 Å². The summed E-state index contributed by atoms with van der Waals surface area (Å²) in [6.07, 6.45) is 4.36. The molecule has 0 saturated carbocycles. The highest BCUT2D eigenvalue weighted by atomic mass is 16.4. The van der Waals surface area contributed by atoms with E-state index in [2.05, 4.69) is 31.2 Å². The van der Waals surface area contributed by atoms with E-state index in [1.54, 1.807) is 0 Å². The van der Waals surface area contributed by atoms with Gasteiger partial charge in [-0.15, -0.1) is 0 Å². The van der Waals surface area contributed by atoms with E-state index < -0.39 is 41.8 Å². The molecule has 1 aromatic rings. The molecule has 2 heterocycles. The Labute approximate surface area is 203 Å². The van der Waals surface area contributed by atoms with Crippen LogP contribution >= 0.6 is 0 Å². The van der Waals surface area contributed by atoms with Crippen molar-refractivity contribution in [2.24, 2.45) is 11.7 Å². The molecule has 13 nitrogen and oxygen atoms in total. The van der Waals surface area contributed by atoms with Crippen LogP contribution in [0.1, 0.15) is 51.6 Å². The Morgan fingerprint density at radius 2 is 1.80 bits per heavy atom. The molecule has 13 heteroatoms. The number of H-pyrrole nitrogens is 1. The minimum atomic E-state index is -1.37. The molecule has 4 amide bonds. The Morgan fingerprint density at radius 3 is 2.34 bits per heavy atom. The minimum Gasteiger partial charge on any atom is -0.480 e. The lowest BCUT2D eigenvalue weighted by atomic mass is 10.0. The van der Waals surface area contributed by atoms with Gasteiger partial charge in [-0.1, -0.05) is 13.8 Å². The number of carboxylic acid groups (broad SMARTS) is 1. The Bertz CT molecular complexity index is 883. The summed E-state index contributed by atoms with van der Waals surface area (Å²) in [7, 11) is 0. The van der Waals surface area contributed by atoms with E-state index in [0.717, 1.165) is 13.0 Å². The van der Waals surface area contributed by atoms with Gasteiger partial charge in [0.25, 0.3) is 0 Å². The molecule has 0 bridgehead atoms. The van der Waals surface area contributed by atoms with Gasteiger partial charge >= 0.3 is 5.97 Å². The van der Waals surface area contributed by atoms with E-state index in [1.165, 1.54) is 12.5 Å². The van der Waals surface area contributed by atoms with Crippen LogP contribution in [0.2, 0.25) is 0 Å². The number of aliphatic carboxylic acids is 1. The van der Waals surface area contributed by atoms with Crippen molar-refractivity contribution in [3.05, 3.63) is 18.2 Å². The number of carbonyl (C=O) groups excluding carboxylic acids is 4. The summed E-state index contributed by atoms with van der Waals surface area (Å²) >= 11 is 0. The predicted molar refractivity (Wildman–Crippen MR) is 125 cm³/mol. The van der Waals surface area contributed by atoms with Gasteiger partial charge in [0.1, 0.15) is 18.1 Å². The Balaban J connectivity index is 2.15. The Morgan fingerprint density at radius 1 is 1.11 bits per heavy atom. The summed E-state index contributed by atoms with van der Waals surface area (Å²) in [5.41, 5.74) is 5.63. The number of aromatic nitrogens is 2. The van der Waals surface area contributed by atoms with Crippen molar-refractivity contribution < 1.29 is 29.1 Å². The Hall–Kier alpha value is -3.48. The van der Waals surface area contributed by atoms with Gasteiger partial charge < -0.3 is 37.1 Å². The van der Waals surface area contributed by atoms with Gasteiger partial charge in [0.15, 0.2) is 0 Å². The van der Waals surface area contributed by atoms with Gasteiger partial charge in [0.05, 0.1) is 12.4 Å². The van der Waals surface area contributed by atoms with E-state index in [4.69, 9.17) is 5.73 Å². The van der Waals surface area contributed by atoms with Crippen LogP contribution in [0.15, 0.2) is 12.5 Å². The third-order valence-corrected chi connectivity index (χ3v) is 5.62. The maximum atomic E-state index is 13.2. The van der Waals surface area contributed by atoms with Crippen LogP contribution in [0.3, 0.4) is 0 Å². The van der Waals surface area contributed by atoms with Gasteiger partial charge in [-0.25, -0.2) is 9.78 Å². The van der Waals surface area contributed by atoms with Crippen molar-refractivity contribution in [3.8, 4) is 0 Å². The average Bonchev–Trinajstić information content (AvgIpc) is 3.49. The second kappa shape index (κ2) is 13.4. The van der Waals surface area contributed by atoms with Gasteiger partial charge in [0, 0.05) is 24.7 Å². The van der Waals surface area contributed by atoms with E-state index in [9.17, 15) is 29.1 Å². The van der Waals surface area contributed by atoms with Crippen molar-refractivity contribution in [3.63, 3.8) is 0 Å². The van der Waals surface area contributed by atoms with Crippen molar-refractivity contribution in [1.29, 1.82) is 0 Å². The van der Waals surface area contributed by atoms with Gasteiger partial charge in [-0.05, 0) is 38.1 Å². The highest BCUT2D eigenvalue weighted by Crippen LogP contribution is 2.10. The molecule has 0 aliphatic carbocycles. The molecule has 0 radical (unpaired) electrons. The first-order chi connectivity index (χ1) is 16.6. The SMILES string of the molecule is CC(C)CC(NC(=O)C1CCCN1)C(=O)NC(Cc1cnc[nH]1)C(=O)NC(CCC(N)=O)C(=O)O. The van der Waals surface area contributed by atoms with Crippen LogP contribution in [-0.2, 0) is 30.4 Å². The molecule has 0 spiro atoms. The number of nitrogens with two attached hydrogens (primary N) is 1. The summed E-state index contributed by atoms with van der Waals surface area (Å²) in [6.45, 7) is 4.54. The van der Waals surface area contributed by atoms with Crippen molar-refractivity contribution >= 4 is 29.6 Å². The maximum absolute atomic E-state index is 13.2. The summed E-state index contributed by atoms with van der Waals surface area (Å²) in [5, 5.41) is 20.3. The monoisotopic (exact) mass is 493 g/mol. The summed E-state index contributed by atoms with van der Waals surface area (Å²) in [4.78, 5) is 68.2. The number of amides is 4. The van der Waals surface area contributed by atoms with Crippen LogP contribution in [0.4, 0.5) is 0 Å². The van der Waals surface area contributed by atoms with Gasteiger partial charge in [0.2, 0.25) is 23.6 Å². The molecule has 4 atom stereocenters. The van der Waals surface area contributed by atoms with Crippen LogP contribution in [0.25, 0.3) is 0 Å². The fraction of sp³-hybridized carbons (Fsp3) is 0.636. The highest BCUT2D eigenvalue weighted by Gasteiger charge is 2.32. The second-order valence-electron chi connectivity index (χ2n) is 9.09. The van der Waals surface area contributed by atoms with Gasteiger partial charge in [-0.3, -0.25) is 19.2 Å². The summed E-state index contributed by atoms with van der Waals surface area (Å²) in [5.74, 6) is -3.55. The topological polar surface area (TPSA) is 208 Å². The molecule has 1 aliphatic heterocycles. The lowest BCUT2D eigenvalue weighted by molar-refractivity contribution is -0.142. The molecule has 4 unspecified atom stereocenters. The fourth-order valence-corrected chi connectivity index (χ4v) is 3.80. The number of carbonyl (C=O) groups is 5. The number of aromatic amines is 1. The largest absolute Gasteiger partial charge is 0.480 e. The first-order valence-electron chi connectivity index (χ1n) is 11.7. The zero-order chi connectivity index (χ0) is 26.0. The third-order valence-electron chi connectivity index (χ3n) is 5.62. The molecule has 0 aromatic carbocycles. The number of carboxylic acids is 1. The first kappa shape index (κ1) is 27.8. The average molecular weight is 494 g/mol. The smallest absolute Gasteiger partial charge is 0.326 e. The lowest BCUT2D eigenvalue weighted by Gasteiger charge is -2.26. The molecular formula is C22H35N7O6. The molecule has 1 aliphatic rings. The summed E-state index contributed by atoms with van der Waals surface area (Å²) in [6, 6.07) is -3.78. The summed E-state index contributed by atoms with van der Waals surface area (Å²) < 4.78 is 0. The van der Waals surface area contributed by atoms with E-state index in [0.29, 0.717) is 18.5 Å². The van der Waals surface area contributed by atoms with Crippen molar-refractivity contribution in [2.45, 2.75) is 76.5 Å². The molecule has 2 rings (SSSR count). The predicted octanol–water partition coefficient (Wildman–Crippen LogP) is -1.45. The maximum Gasteiger partial charge on any atom is 0.326 e. The molecule has 1 fully saturated rings. The number of imidazole rings is 1. The number of nitrogens with one attached hydrogen (secondary N) is 5. The van der Waals surface area contributed by atoms with Crippen LogP contribution in [-0.4, -0.2) is 75.4 Å². The minimum absolute atomic E-state index is 0.00621. The number of hydrogen-bond acceptors (Lipinski definition) is 7. The lowest BCUT2D eigenvalue weighted by Crippen LogP contribution is -2.57. The quantitative estimate of drug-likeness (QED) is 0.163. The molecule has 35 heavy (non-hydrogen) atoms. The molecule has 1 saturated heterocycles. The molecular weight excluding hydrogens is 458 g/mol. The first-order valence-corrected chi connectivity index (χ1v) is 11.7. The molecule has 194 valence electrons. The number of rotatable bonds is 14. The highest BCUT2D eigenvalue weighted by molar-refractivity contribution is 5.94. The zero-order valence-corrected chi connectivity index (χ0v) is 20.0. The van der Waals surface area contributed by atoms with Crippen LogP contribution in [0.5, 0.6) is 0 Å². The Kier molecular flexibility index (Phi) is 10.6. The van der Waals surface area contributed by atoms with E-state index in [1.807, 2.05) is 13.8 Å². The molecule has 8 N–H and O–H groups in total. The number of nitrogens with zero attached hydrogens (tertiary/aromatic N) is 1. The zero-order valence-electron chi connectivity index (χ0n) is 20.0. The van der Waals surface area contributed by atoms with Crippen LogP contribution < -0.4 is 27.0 Å².